The zero-order chi connectivity index (χ0) is 14.3. The second-order valence-corrected chi connectivity index (χ2v) is 5.50. The second kappa shape index (κ2) is 4.77. The molecule has 1 aliphatic rings. The molecular formula is C14H19N5O. The number of carbonyl (C=O) groups excluding carboxylic acids is 1. The van der Waals surface area contributed by atoms with Crippen molar-refractivity contribution in [2.24, 2.45) is 0 Å². The van der Waals surface area contributed by atoms with E-state index in [0.29, 0.717) is 6.04 Å². The first-order valence-corrected chi connectivity index (χ1v) is 6.89. The third-order valence-corrected chi connectivity index (χ3v) is 3.86. The monoisotopic (exact) mass is 273 g/mol. The minimum atomic E-state index is -0.145. The Hall–Kier alpha value is -2.11. The Bertz CT molecular complexity index is 627. The van der Waals surface area contributed by atoms with Crippen LogP contribution in [0.1, 0.15) is 32.4 Å². The molecule has 6 heteroatoms. The first kappa shape index (κ1) is 12.9. The normalized spacial score (nSPS) is 19.3. The molecule has 3 rings (SSSR count). The SMILES string of the molecule is CC(C)n1cncc1-c1nccn1C1CCN(C)C1=O. The van der Waals surface area contributed by atoms with Crippen molar-refractivity contribution in [2.45, 2.75) is 32.4 Å². The fourth-order valence-corrected chi connectivity index (χ4v) is 2.71. The van der Waals surface area contributed by atoms with Gasteiger partial charge in [0.1, 0.15) is 11.7 Å². The van der Waals surface area contributed by atoms with E-state index in [1.54, 1.807) is 11.1 Å². The van der Waals surface area contributed by atoms with E-state index in [2.05, 4.69) is 28.4 Å². The number of hydrogen-bond acceptors (Lipinski definition) is 3. The van der Waals surface area contributed by atoms with E-state index in [1.807, 2.05) is 30.3 Å². The zero-order valence-electron chi connectivity index (χ0n) is 12.0. The zero-order valence-corrected chi connectivity index (χ0v) is 12.0. The number of imidazole rings is 2. The van der Waals surface area contributed by atoms with Gasteiger partial charge >= 0.3 is 0 Å². The van der Waals surface area contributed by atoms with Crippen LogP contribution in [0.3, 0.4) is 0 Å². The van der Waals surface area contributed by atoms with Crippen LogP contribution in [0.5, 0.6) is 0 Å². The van der Waals surface area contributed by atoms with Crippen LogP contribution in [0, 0.1) is 0 Å². The number of aromatic nitrogens is 4. The summed E-state index contributed by atoms with van der Waals surface area (Å²) in [6.45, 7) is 5.00. The van der Waals surface area contributed by atoms with Crippen molar-refractivity contribution < 1.29 is 4.79 Å². The van der Waals surface area contributed by atoms with Crippen molar-refractivity contribution in [1.29, 1.82) is 0 Å². The molecule has 0 aromatic carbocycles. The van der Waals surface area contributed by atoms with Gasteiger partial charge < -0.3 is 14.0 Å². The Morgan fingerprint density at radius 2 is 2.20 bits per heavy atom. The van der Waals surface area contributed by atoms with E-state index in [-0.39, 0.29) is 11.9 Å². The summed E-state index contributed by atoms with van der Waals surface area (Å²) in [6.07, 6.45) is 8.07. The minimum Gasteiger partial charge on any atom is -0.344 e. The molecule has 6 nitrogen and oxygen atoms in total. The molecule has 1 aliphatic heterocycles. The predicted octanol–water partition coefficient (Wildman–Crippen LogP) is 1.73. The molecule has 0 aliphatic carbocycles. The van der Waals surface area contributed by atoms with Gasteiger partial charge in [-0.15, -0.1) is 0 Å². The van der Waals surface area contributed by atoms with Crippen LogP contribution in [0.15, 0.2) is 24.9 Å². The summed E-state index contributed by atoms with van der Waals surface area (Å²) in [6, 6.07) is 0.160. The lowest BCUT2D eigenvalue weighted by atomic mass is 10.2. The van der Waals surface area contributed by atoms with E-state index >= 15 is 0 Å². The first-order valence-electron chi connectivity index (χ1n) is 6.89. The number of rotatable bonds is 3. The summed E-state index contributed by atoms with van der Waals surface area (Å²) in [5.74, 6) is 0.963. The Morgan fingerprint density at radius 3 is 2.85 bits per heavy atom. The Kier molecular flexibility index (Phi) is 3.08. The largest absolute Gasteiger partial charge is 0.344 e. The molecule has 2 aromatic rings. The number of amides is 1. The van der Waals surface area contributed by atoms with E-state index in [4.69, 9.17) is 0 Å². The van der Waals surface area contributed by atoms with Gasteiger partial charge in [0.25, 0.3) is 0 Å². The average molecular weight is 273 g/mol. The van der Waals surface area contributed by atoms with Crippen LogP contribution in [0.25, 0.3) is 11.5 Å². The summed E-state index contributed by atoms with van der Waals surface area (Å²) in [7, 11) is 1.84. The lowest BCUT2D eigenvalue weighted by Crippen LogP contribution is -2.24. The quantitative estimate of drug-likeness (QED) is 0.855. The Labute approximate surface area is 118 Å². The number of likely N-dealkylation sites (N-methyl/N-ethyl adjacent to an activating group) is 1. The highest BCUT2D eigenvalue weighted by Gasteiger charge is 2.32. The maximum atomic E-state index is 12.2. The van der Waals surface area contributed by atoms with Gasteiger partial charge in [0.15, 0.2) is 5.82 Å². The molecule has 1 fully saturated rings. The molecule has 0 spiro atoms. The summed E-state index contributed by atoms with van der Waals surface area (Å²) < 4.78 is 4.05. The van der Waals surface area contributed by atoms with Crippen molar-refractivity contribution in [3.05, 3.63) is 24.9 Å². The third-order valence-electron chi connectivity index (χ3n) is 3.86. The molecule has 20 heavy (non-hydrogen) atoms. The highest BCUT2D eigenvalue weighted by atomic mass is 16.2. The van der Waals surface area contributed by atoms with E-state index < -0.39 is 0 Å². The van der Waals surface area contributed by atoms with Crippen molar-refractivity contribution in [1.82, 2.24) is 24.0 Å². The van der Waals surface area contributed by atoms with Crippen LogP contribution in [-0.2, 0) is 4.79 Å². The fourth-order valence-electron chi connectivity index (χ4n) is 2.71. The van der Waals surface area contributed by atoms with E-state index in [9.17, 15) is 4.79 Å². The number of nitrogens with zero attached hydrogens (tertiary/aromatic N) is 5. The average Bonchev–Trinajstić information content (AvgIpc) is 3.10. The van der Waals surface area contributed by atoms with Crippen LogP contribution in [0.4, 0.5) is 0 Å². The molecule has 0 saturated carbocycles. The van der Waals surface area contributed by atoms with Crippen molar-refractivity contribution >= 4 is 5.91 Å². The minimum absolute atomic E-state index is 0.145. The maximum Gasteiger partial charge on any atom is 0.245 e. The van der Waals surface area contributed by atoms with Gasteiger partial charge in [-0.25, -0.2) is 9.97 Å². The molecule has 1 unspecified atom stereocenters. The smallest absolute Gasteiger partial charge is 0.245 e. The highest BCUT2D eigenvalue weighted by molar-refractivity contribution is 5.82. The maximum absolute atomic E-state index is 12.2. The van der Waals surface area contributed by atoms with Gasteiger partial charge in [0.2, 0.25) is 5.91 Å². The van der Waals surface area contributed by atoms with Gasteiger partial charge in [0.05, 0.1) is 12.5 Å². The van der Waals surface area contributed by atoms with Crippen LogP contribution < -0.4 is 0 Å². The second-order valence-electron chi connectivity index (χ2n) is 5.50. The van der Waals surface area contributed by atoms with Gasteiger partial charge in [-0.05, 0) is 20.3 Å². The van der Waals surface area contributed by atoms with Gasteiger partial charge in [-0.1, -0.05) is 0 Å². The molecule has 1 amide bonds. The number of carbonyl (C=O) groups is 1. The number of hydrogen-bond donors (Lipinski definition) is 0. The predicted molar refractivity (Wildman–Crippen MR) is 75.1 cm³/mol. The molecule has 2 aromatic heterocycles. The molecule has 1 saturated heterocycles. The molecule has 1 atom stereocenters. The lowest BCUT2D eigenvalue weighted by Gasteiger charge is -2.16. The molecular weight excluding hydrogens is 254 g/mol. The molecule has 0 bridgehead atoms. The van der Waals surface area contributed by atoms with Crippen LogP contribution in [0.2, 0.25) is 0 Å². The summed E-state index contributed by atoms with van der Waals surface area (Å²) in [5.41, 5.74) is 0.951. The van der Waals surface area contributed by atoms with Gasteiger partial charge in [-0.3, -0.25) is 4.79 Å². The van der Waals surface area contributed by atoms with E-state index in [0.717, 1.165) is 24.5 Å². The van der Waals surface area contributed by atoms with Gasteiger partial charge in [0, 0.05) is 32.0 Å². The fraction of sp³-hybridized carbons (Fsp3) is 0.500. The molecule has 3 heterocycles. The molecule has 0 N–H and O–H groups in total. The topological polar surface area (TPSA) is 56.0 Å². The molecule has 106 valence electrons. The van der Waals surface area contributed by atoms with E-state index in [1.165, 1.54) is 0 Å². The Balaban J connectivity index is 2.03. The van der Waals surface area contributed by atoms with Crippen molar-refractivity contribution in [3.8, 4) is 11.5 Å². The van der Waals surface area contributed by atoms with Crippen LogP contribution >= 0.6 is 0 Å². The third kappa shape index (κ3) is 1.92. The van der Waals surface area contributed by atoms with Crippen molar-refractivity contribution in [2.75, 3.05) is 13.6 Å². The first-order chi connectivity index (χ1) is 9.59. The standard InChI is InChI=1S/C14H19N5O/c1-10(2)19-9-15-8-12(19)13-16-5-7-18(13)11-4-6-17(3)14(11)20/h5,7-11H,4,6H2,1-3H3. The summed E-state index contributed by atoms with van der Waals surface area (Å²) in [5, 5.41) is 0. The van der Waals surface area contributed by atoms with Gasteiger partial charge in [-0.2, -0.15) is 0 Å². The summed E-state index contributed by atoms with van der Waals surface area (Å²) >= 11 is 0. The molecule has 0 radical (unpaired) electrons. The van der Waals surface area contributed by atoms with Crippen LogP contribution in [-0.4, -0.2) is 43.5 Å². The van der Waals surface area contributed by atoms with Crippen molar-refractivity contribution in [3.63, 3.8) is 0 Å². The lowest BCUT2D eigenvalue weighted by molar-refractivity contribution is -0.129. The highest BCUT2D eigenvalue weighted by Crippen LogP contribution is 2.28. The summed E-state index contributed by atoms with van der Waals surface area (Å²) in [4.78, 5) is 22.6. The Morgan fingerprint density at radius 1 is 1.40 bits per heavy atom. The number of likely N-dealkylation sites (tertiary alicyclic amines) is 1.